The quantitative estimate of drug-likeness (QED) is 0.772. The summed E-state index contributed by atoms with van der Waals surface area (Å²) in [5.41, 5.74) is -2.12. The van der Waals surface area contributed by atoms with Gasteiger partial charge in [-0.3, -0.25) is 9.69 Å². The SMILES string of the molecule is CN1CCC(N2CCC(NC(=O)OC(C)(C)C)(C(=O)O)C2)C1=O. The number of carboxylic acid groups (broad SMARTS) is 1. The average Bonchev–Trinajstić information content (AvgIpc) is 2.94. The molecule has 2 heterocycles. The molecule has 2 N–H and O–H groups in total. The van der Waals surface area contributed by atoms with Crippen LogP contribution in [0.5, 0.6) is 0 Å². The highest BCUT2D eigenvalue weighted by Crippen LogP contribution is 2.28. The van der Waals surface area contributed by atoms with Crippen molar-refractivity contribution in [1.29, 1.82) is 0 Å². The molecular weight excluding hydrogens is 302 g/mol. The van der Waals surface area contributed by atoms with Crippen LogP contribution in [0.3, 0.4) is 0 Å². The van der Waals surface area contributed by atoms with Gasteiger partial charge in [0.1, 0.15) is 5.60 Å². The summed E-state index contributed by atoms with van der Waals surface area (Å²) < 4.78 is 5.17. The lowest BCUT2D eigenvalue weighted by Gasteiger charge is -2.29. The minimum absolute atomic E-state index is 0.00320. The van der Waals surface area contributed by atoms with Gasteiger partial charge in [0.05, 0.1) is 6.04 Å². The Bertz CT molecular complexity index is 516. The van der Waals surface area contributed by atoms with Gasteiger partial charge in [-0.25, -0.2) is 9.59 Å². The van der Waals surface area contributed by atoms with E-state index in [9.17, 15) is 19.5 Å². The second-order valence-corrected chi connectivity index (χ2v) is 7.30. The van der Waals surface area contributed by atoms with Gasteiger partial charge in [0.15, 0.2) is 5.54 Å². The Morgan fingerprint density at radius 3 is 2.48 bits per heavy atom. The molecule has 2 amide bonds. The predicted octanol–water partition coefficient (Wildman–Crippen LogP) is 0.271. The molecule has 130 valence electrons. The third-order valence-corrected chi connectivity index (χ3v) is 4.29. The van der Waals surface area contributed by atoms with Crippen LogP contribution in [0.25, 0.3) is 0 Å². The van der Waals surface area contributed by atoms with Crippen LogP contribution < -0.4 is 5.32 Å². The second-order valence-electron chi connectivity index (χ2n) is 7.30. The number of carbonyl (C=O) groups excluding carboxylic acids is 2. The van der Waals surface area contributed by atoms with E-state index in [1.807, 2.05) is 4.90 Å². The highest BCUT2D eigenvalue weighted by atomic mass is 16.6. The van der Waals surface area contributed by atoms with E-state index in [-0.39, 0.29) is 24.9 Å². The van der Waals surface area contributed by atoms with Gasteiger partial charge in [0.2, 0.25) is 5.91 Å². The van der Waals surface area contributed by atoms with Crippen LogP contribution in [0.2, 0.25) is 0 Å². The molecule has 0 spiro atoms. The molecule has 0 bridgehead atoms. The lowest BCUT2D eigenvalue weighted by Crippen LogP contribution is -2.58. The van der Waals surface area contributed by atoms with Crippen molar-refractivity contribution in [2.75, 3.05) is 26.7 Å². The standard InChI is InChI=1S/C15H25N3O5/c1-14(2,3)23-13(22)16-15(12(20)21)6-8-18(9-15)10-5-7-17(4)11(10)19/h10H,5-9H2,1-4H3,(H,16,22)(H,20,21). The molecule has 2 atom stereocenters. The molecule has 0 aliphatic carbocycles. The van der Waals surface area contributed by atoms with E-state index in [0.717, 1.165) is 0 Å². The van der Waals surface area contributed by atoms with E-state index < -0.39 is 23.2 Å². The van der Waals surface area contributed by atoms with Crippen LogP contribution in [-0.2, 0) is 14.3 Å². The smallest absolute Gasteiger partial charge is 0.408 e. The van der Waals surface area contributed by atoms with E-state index in [4.69, 9.17) is 4.74 Å². The number of amides is 2. The van der Waals surface area contributed by atoms with Crippen molar-refractivity contribution in [3.05, 3.63) is 0 Å². The van der Waals surface area contributed by atoms with Crippen molar-refractivity contribution < 1.29 is 24.2 Å². The largest absolute Gasteiger partial charge is 0.479 e. The van der Waals surface area contributed by atoms with Crippen molar-refractivity contribution >= 4 is 18.0 Å². The number of hydrogen-bond donors (Lipinski definition) is 2. The van der Waals surface area contributed by atoms with Gasteiger partial charge in [0.25, 0.3) is 0 Å². The van der Waals surface area contributed by atoms with E-state index in [0.29, 0.717) is 19.5 Å². The summed E-state index contributed by atoms with van der Waals surface area (Å²) in [6, 6.07) is -0.304. The fraction of sp³-hybridized carbons (Fsp3) is 0.800. The number of alkyl carbamates (subject to hydrolysis) is 1. The number of likely N-dealkylation sites (N-methyl/N-ethyl adjacent to an activating group) is 1. The number of carbonyl (C=O) groups is 3. The zero-order valence-electron chi connectivity index (χ0n) is 14.1. The number of nitrogens with one attached hydrogen (secondary N) is 1. The van der Waals surface area contributed by atoms with Crippen LogP contribution >= 0.6 is 0 Å². The van der Waals surface area contributed by atoms with Crippen molar-refractivity contribution in [2.24, 2.45) is 0 Å². The maximum Gasteiger partial charge on any atom is 0.408 e. The van der Waals surface area contributed by atoms with Crippen molar-refractivity contribution in [3.63, 3.8) is 0 Å². The maximum absolute atomic E-state index is 12.1. The zero-order chi connectivity index (χ0) is 17.4. The summed E-state index contributed by atoms with van der Waals surface area (Å²) in [6.45, 7) is 6.37. The summed E-state index contributed by atoms with van der Waals surface area (Å²) in [4.78, 5) is 39.3. The summed E-state index contributed by atoms with van der Waals surface area (Å²) in [7, 11) is 1.74. The number of ether oxygens (including phenoxy) is 1. The number of aliphatic carboxylic acids is 1. The molecule has 2 fully saturated rings. The Morgan fingerprint density at radius 1 is 1.35 bits per heavy atom. The van der Waals surface area contributed by atoms with Gasteiger partial charge in [-0.05, 0) is 33.6 Å². The molecule has 8 heteroatoms. The van der Waals surface area contributed by atoms with Crippen molar-refractivity contribution in [2.45, 2.75) is 50.8 Å². The Hall–Kier alpha value is -1.83. The molecule has 0 aromatic carbocycles. The van der Waals surface area contributed by atoms with Crippen molar-refractivity contribution in [1.82, 2.24) is 15.1 Å². The molecule has 2 saturated heterocycles. The number of hydrogen-bond acceptors (Lipinski definition) is 5. The second kappa shape index (κ2) is 5.99. The summed E-state index contributed by atoms with van der Waals surface area (Å²) >= 11 is 0. The topological polar surface area (TPSA) is 99.2 Å². The normalized spacial score (nSPS) is 29.0. The first-order chi connectivity index (χ1) is 10.5. The average molecular weight is 327 g/mol. The van der Waals surface area contributed by atoms with Gasteiger partial charge in [-0.15, -0.1) is 0 Å². The highest BCUT2D eigenvalue weighted by molar-refractivity contribution is 5.86. The fourth-order valence-corrected chi connectivity index (χ4v) is 3.08. The van der Waals surface area contributed by atoms with Gasteiger partial charge >= 0.3 is 12.1 Å². The van der Waals surface area contributed by atoms with Crippen LogP contribution in [0.4, 0.5) is 4.79 Å². The summed E-state index contributed by atoms with van der Waals surface area (Å²) in [5, 5.41) is 12.1. The number of likely N-dealkylation sites (tertiary alicyclic amines) is 2. The van der Waals surface area contributed by atoms with E-state index in [2.05, 4.69) is 5.32 Å². The molecule has 8 nitrogen and oxygen atoms in total. The Kier molecular flexibility index (Phi) is 4.57. The zero-order valence-corrected chi connectivity index (χ0v) is 14.1. The Morgan fingerprint density at radius 2 is 2.00 bits per heavy atom. The molecule has 2 aliphatic heterocycles. The molecule has 0 saturated carbocycles. The molecule has 0 radical (unpaired) electrons. The first-order valence-electron chi connectivity index (χ1n) is 7.78. The van der Waals surface area contributed by atoms with E-state index in [1.54, 1.807) is 32.7 Å². The molecular formula is C15H25N3O5. The number of rotatable bonds is 3. The first kappa shape index (κ1) is 17.5. The van der Waals surface area contributed by atoms with Crippen molar-refractivity contribution in [3.8, 4) is 0 Å². The molecule has 2 rings (SSSR count). The van der Waals surface area contributed by atoms with Gasteiger partial charge in [0, 0.05) is 26.7 Å². The monoisotopic (exact) mass is 327 g/mol. The van der Waals surface area contributed by atoms with Crippen LogP contribution in [0.1, 0.15) is 33.6 Å². The Balaban J connectivity index is 2.07. The van der Waals surface area contributed by atoms with Crippen LogP contribution in [0, 0.1) is 0 Å². The molecule has 23 heavy (non-hydrogen) atoms. The third-order valence-electron chi connectivity index (χ3n) is 4.29. The summed E-state index contributed by atoms with van der Waals surface area (Å²) in [6.07, 6.45) is 0.170. The van der Waals surface area contributed by atoms with E-state index in [1.165, 1.54) is 0 Å². The summed E-state index contributed by atoms with van der Waals surface area (Å²) in [5.74, 6) is -1.10. The first-order valence-corrected chi connectivity index (χ1v) is 7.78. The number of carboxylic acids is 1. The predicted molar refractivity (Wildman–Crippen MR) is 82.0 cm³/mol. The maximum atomic E-state index is 12.1. The van der Waals surface area contributed by atoms with Crippen LogP contribution in [0.15, 0.2) is 0 Å². The van der Waals surface area contributed by atoms with Gasteiger partial charge in [-0.2, -0.15) is 0 Å². The minimum atomic E-state index is -1.41. The lowest BCUT2D eigenvalue weighted by molar-refractivity contribution is -0.144. The van der Waals surface area contributed by atoms with Gasteiger partial charge < -0.3 is 20.1 Å². The third kappa shape index (κ3) is 3.74. The molecule has 0 aromatic rings. The van der Waals surface area contributed by atoms with E-state index >= 15 is 0 Å². The van der Waals surface area contributed by atoms with Gasteiger partial charge in [-0.1, -0.05) is 0 Å². The molecule has 2 aliphatic rings. The highest BCUT2D eigenvalue weighted by Gasteiger charge is 2.50. The minimum Gasteiger partial charge on any atom is -0.479 e. The van der Waals surface area contributed by atoms with Crippen LogP contribution in [-0.4, -0.2) is 76.7 Å². The lowest BCUT2D eigenvalue weighted by atomic mass is 9.99. The fourth-order valence-electron chi connectivity index (χ4n) is 3.08. The Labute approximate surface area is 135 Å². The number of nitrogens with zero attached hydrogens (tertiary/aromatic N) is 2. The molecule has 0 aromatic heterocycles. The molecule has 2 unspecified atom stereocenters.